The number of H-pyrrole nitrogens is 1. The zero-order valence-corrected chi connectivity index (χ0v) is 23.9. The number of fused-ring (bicyclic) bond motifs is 1. The molecule has 3 aromatic heterocycles. The second-order valence-corrected chi connectivity index (χ2v) is 11.9. The standard InChI is InChI=1S/C29H35F3N8O2/c1-16(2)14-21-8-5-13-39(21)27-36-24-22(40(27)15-18-9-11-20(12-10-18)29(30,31)32)23(33-17(3)19-6-4-7-19)34-25(35-24)26-37-28(41)42-38-26/h9-12,16-17,19,21H,4-8,13-15H2,1-3H3,(H,33,34,35)(H,37,38,41)/t17-,21?/m1/s1. The van der Waals surface area contributed by atoms with Crippen LogP contribution in [-0.2, 0) is 12.7 Å². The number of imidazole rings is 1. The highest BCUT2D eigenvalue weighted by molar-refractivity contribution is 5.87. The molecular weight excluding hydrogens is 549 g/mol. The van der Waals surface area contributed by atoms with E-state index >= 15 is 0 Å². The lowest BCUT2D eigenvalue weighted by molar-refractivity contribution is -0.137. The first-order chi connectivity index (χ1) is 20.1. The van der Waals surface area contributed by atoms with Gasteiger partial charge in [-0.25, -0.2) is 14.8 Å². The predicted molar refractivity (Wildman–Crippen MR) is 152 cm³/mol. The summed E-state index contributed by atoms with van der Waals surface area (Å²) in [6, 6.07) is 5.62. The van der Waals surface area contributed by atoms with Gasteiger partial charge in [0.25, 0.3) is 0 Å². The second kappa shape index (κ2) is 11.1. The van der Waals surface area contributed by atoms with Gasteiger partial charge in [-0.1, -0.05) is 37.6 Å². The fourth-order valence-corrected chi connectivity index (χ4v) is 6.07. The summed E-state index contributed by atoms with van der Waals surface area (Å²) in [6.07, 6.45) is 2.05. The molecule has 4 aromatic rings. The van der Waals surface area contributed by atoms with Gasteiger partial charge >= 0.3 is 11.9 Å². The SMILES string of the molecule is CC(C)CC1CCCN1c1nc2nc(-c3noc(=O)[nH]3)nc(N[C@H](C)C3CCC3)c2n1Cc1ccc(C(F)(F)F)cc1. The first-order valence-electron chi connectivity index (χ1n) is 14.6. The zero-order valence-electron chi connectivity index (χ0n) is 23.9. The van der Waals surface area contributed by atoms with Gasteiger partial charge in [-0.2, -0.15) is 18.2 Å². The zero-order chi connectivity index (χ0) is 29.6. The fourth-order valence-electron chi connectivity index (χ4n) is 6.07. The largest absolute Gasteiger partial charge is 0.439 e. The van der Waals surface area contributed by atoms with Gasteiger partial charge < -0.3 is 14.8 Å². The van der Waals surface area contributed by atoms with Gasteiger partial charge in [0, 0.05) is 18.6 Å². The van der Waals surface area contributed by atoms with Crippen LogP contribution >= 0.6 is 0 Å². The highest BCUT2D eigenvalue weighted by atomic mass is 19.4. The van der Waals surface area contributed by atoms with E-state index in [4.69, 9.17) is 14.5 Å². The molecule has 1 saturated carbocycles. The molecule has 4 heterocycles. The third-order valence-corrected chi connectivity index (χ3v) is 8.46. The van der Waals surface area contributed by atoms with Crippen LogP contribution in [0.4, 0.5) is 24.9 Å². The van der Waals surface area contributed by atoms with Crippen molar-refractivity contribution < 1.29 is 17.7 Å². The topological polar surface area (TPSA) is 118 Å². The Hall–Kier alpha value is -3.90. The molecule has 1 aromatic carbocycles. The molecule has 1 aliphatic heterocycles. The average Bonchev–Trinajstić information content (AvgIpc) is 3.61. The van der Waals surface area contributed by atoms with E-state index in [1.807, 2.05) is 4.57 Å². The molecule has 1 saturated heterocycles. The quantitative estimate of drug-likeness (QED) is 0.252. The molecule has 2 N–H and O–H groups in total. The maximum Gasteiger partial charge on any atom is 0.439 e. The van der Waals surface area contributed by atoms with Crippen molar-refractivity contribution in [3.63, 3.8) is 0 Å². The van der Waals surface area contributed by atoms with Crippen LogP contribution < -0.4 is 16.0 Å². The monoisotopic (exact) mass is 584 g/mol. The molecule has 0 spiro atoms. The van der Waals surface area contributed by atoms with E-state index in [0.29, 0.717) is 40.3 Å². The number of anilines is 2. The average molecular weight is 585 g/mol. The number of aromatic amines is 1. The highest BCUT2D eigenvalue weighted by Crippen LogP contribution is 2.37. The van der Waals surface area contributed by atoms with Crippen molar-refractivity contribution in [1.29, 1.82) is 0 Å². The van der Waals surface area contributed by atoms with Crippen molar-refractivity contribution in [3.05, 3.63) is 45.9 Å². The first kappa shape index (κ1) is 28.2. The van der Waals surface area contributed by atoms with Gasteiger partial charge in [0.2, 0.25) is 17.6 Å². The molecule has 2 atom stereocenters. The number of hydrogen-bond donors (Lipinski definition) is 2. The maximum atomic E-state index is 13.3. The van der Waals surface area contributed by atoms with Crippen LogP contribution in [0.5, 0.6) is 0 Å². The molecule has 13 heteroatoms. The van der Waals surface area contributed by atoms with Crippen LogP contribution in [0.25, 0.3) is 22.8 Å². The van der Waals surface area contributed by atoms with Crippen molar-refractivity contribution in [3.8, 4) is 11.6 Å². The minimum atomic E-state index is -4.41. The number of halogens is 3. The smallest absolute Gasteiger partial charge is 0.365 e. The maximum absolute atomic E-state index is 13.3. The third kappa shape index (κ3) is 5.60. The summed E-state index contributed by atoms with van der Waals surface area (Å²) in [5.74, 6) is 1.76. The van der Waals surface area contributed by atoms with E-state index in [1.165, 1.54) is 18.6 Å². The Morgan fingerprint density at radius 1 is 1.07 bits per heavy atom. The normalized spacial score (nSPS) is 18.6. The summed E-state index contributed by atoms with van der Waals surface area (Å²) >= 11 is 0. The first-order valence-corrected chi connectivity index (χ1v) is 14.6. The van der Waals surface area contributed by atoms with E-state index in [-0.39, 0.29) is 30.3 Å². The Morgan fingerprint density at radius 2 is 1.83 bits per heavy atom. The van der Waals surface area contributed by atoms with Gasteiger partial charge in [0.1, 0.15) is 5.52 Å². The van der Waals surface area contributed by atoms with E-state index in [2.05, 4.69) is 46.1 Å². The molecule has 0 amide bonds. The molecule has 42 heavy (non-hydrogen) atoms. The molecule has 6 rings (SSSR count). The molecule has 0 radical (unpaired) electrons. The number of nitrogens with zero attached hydrogens (tertiary/aromatic N) is 6. The Kier molecular flexibility index (Phi) is 7.44. The fraction of sp³-hybridized carbons (Fsp3) is 0.552. The minimum Gasteiger partial charge on any atom is -0.365 e. The van der Waals surface area contributed by atoms with Crippen LogP contribution in [0, 0.1) is 11.8 Å². The predicted octanol–water partition coefficient (Wildman–Crippen LogP) is 5.85. The molecule has 224 valence electrons. The molecule has 2 fully saturated rings. The number of hydrogen-bond acceptors (Lipinski definition) is 8. The van der Waals surface area contributed by atoms with Crippen LogP contribution in [0.1, 0.15) is 70.4 Å². The number of benzene rings is 1. The van der Waals surface area contributed by atoms with Gasteiger partial charge in [-0.3, -0.25) is 9.51 Å². The molecule has 1 unspecified atom stereocenters. The molecular formula is C29H35F3N8O2. The number of aromatic nitrogens is 6. The second-order valence-electron chi connectivity index (χ2n) is 11.9. The summed E-state index contributed by atoms with van der Waals surface area (Å²) in [6.45, 7) is 7.60. The van der Waals surface area contributed by atoms with Crippen molar-refractivity contribution in [2.45, 2.75) is 84.1 Å². The van der Waals surface area contributed by atoms with E-state index in [9.17, 15) is 18.0 Å². The lowest BCUT2D eigenvalue weighted by Crippen LogP contribution is -2.33. The van der Waals surface area contributed by atoms with Crippen molar-refractivity contribution >= 4 is 22.9 Å². The lowest BCUT2D eigenvalue weighted by Gasteiger charge is -2.32. The third-order valence-electron chi connectivity index (χ3n) is 8.46. The summed E-state index contributed by atoms with van der Waals surface area (Å²) in [5, 5.41) is 7.37. The molecule has 10 nitrogen and oxygen atoms in total. The summed E-state index contributed by atoms with van der Waals surface area (Å²) in [4.78, 5) is 31.0. The van der Waals surface area contributed by atoms with E-state index in [1.54, 1.807) is 0 Å². The summed E-state index contributed by atoms with van der Waals surface area (Å²) in [7, 11) is 0. The Balaban J connectivity index is 1.50. The Bertz CT molecular complexity index is 1600. The summed E-state index contributed by atoms with van der Waals surface area (Å²) in [5.41, 5.74) is 1.07. The Labute approximate surface area is 240 Å². The molecule has 0 bridgehead atoms. The van der Waals surface area contributed by atoms with Gasteiger partial charge in [0.05, 0.1) is 12.1 Å². The van der Waals surface area contributed by atoms with Crippen LogP contribution in [0.3, 0.4) is 0 Å². The van der Waals surface area contributed by atoms with Gasteiger partial charge in [0.15, 0.2) is 11.5 Å². The molecule has 2 aliphatic rings. The number of alkyl halides is 3. The molecule has 1 aliphatic carbocycles. The van der Waals surface area contributed by atoms with Crippen LogP contribution in [0.2, 0.25) is 0 Å². The Morgan fingerprint density at radius 3 is 2.45 bits per heavy atom. The van der Waals surface area contributed by atoms with Crippen molar-refractivity contribution in [2.75, 3.05) is 16.8 Å². The highest BCUT2D eigenvalue weighted by Gasteiger charge is 2.33. The number of nitrogens with one attached hydrogen (secondary N) is 2. The van der Waals surface area contributed by atoms with Gasteiger partial charge in [-0.15, -0.1) is 0 Å². The number of rotatable bonds is 9. The van der Waals surface area contributed by atoms with Crippen molar-refractivity contribution in [1.82, 2.24) is 29.7 Å². The van der Waals surface area contributed by atoms with E-state index < -0.39 is 17.5 Å². The lowest BCUT2D eigenvalue weighted by atomic mass is 9.80. The minimum absolute atomic E-state index is 0.0962. The summed E-state index contributed by atoms with van der Waals surface area (Å²) < 4.78 is 46.6. The van der Waals surface area contributed by atoms with Gasteiger partial charge in [-0.05, 0) is 68.6 Å². The van der Waals surface area contributed by atoms with Crippen LogP contribution in [0.15, 0.2) is 33.6 Å². The van der Waals surface area contributed by atoms with E-state index in [0.717, 1.165) is 50.8 Å². The van der Waals surface area contributed by atoms with Crippen molar-refractivity contribution in [2.24, 2.45) is 11.8 Å². The van der Waals surface area contributed by atoms with Crippen LogP contribution in [-0.4, -0.2) is 48.3 Å².